The average molecular weight is 338 g/mol. The summed E-state index contributed by atoms with van der Waals surface area (Å²) in [7, 11) is -3.42. The number of nitrogens with one attached hydrogen (secondary N) is 1. The molecule has 3 nitrogen and oxygen atoms in total. The van der Waals surface area contributed by atoms with E-state index in [9.17, 15) is 8.42 Å². The number of hydrogen-bond donors (Lipinski definition) is 1. The minimum absolute atomic E-state index is 0.0584. The molecule has 0 amide bonds. The zero-order valence-electron chi connectivity index (χ0n) is 11.8. The normalized spacial score (nSPS) is 13.4. The molecule has 0 aromatic heterocycles. The van der Waals surface area contributed by atoms with Crippen LogP contribution in [0.4, 0.5) is 0 Å². The highest BCUT2D eigenvalue weighted by Gasteiger charge is 2.21. The summed E-state index contributed by atoms with van der Waals surface area (Å²) in [4.78, 5) is 0.0584. The van der Waals surface area contributed by atoms with Gasteiger partial charge in [0, 0.05) is 6.04 Å². The quantitative estimate of drug-likeness (QED) is 0.731. The lowest BCUT2D eigenvalue weighted by atomic mass is 10.1. The van der Waals surface area contributed by atoms with Crippen LogP contribution in [0.3, 0.4) is 0 Å². The molecule has 1 aromatic rings. The van der Waals surface area contributed by atoms with Gasteiger partial charge in [-0.15, -0.1) is 0 Å². The second kappa shape index (κ2) is 8.23. The van der Waals surface area contributed by atoms with Crippen LogP contribution >= 0.6 is 23.2 Å². The van der Waals surface area contributed by atoms with Crippen LogP contribution in [0, 0.1) is 0 Å². The molecule has 1 atom stereocenters. The highest BCUT2D eigenvalue weighted by molar-refractivity contribution is 7.91. The summed E-state index contributed by atoms with van der Waals surface area (Å²) in [5.41, 5.74) is 0. The zero-order chi connectivity index (χ0) is 15.2. The first-order chi connectivity index (χ1) is 9.38. The molecular weight excluding hydrogens is 317 g/mol. The molecular formula is C14H21Cl2NO2S. The molecule has 0 aliphatic carbocycles. The van der Waals surface area contributed by atoms with Gasteiger partial charge < -0.3 is 5.32 Å². The van der Waals surface area contributed by atoms with Gasteiger partial charge >= 0.3 is 0 Å². The molecule has 0 fully saturated rings. The van der Waals surface area contributed by atoms with Crippen molar-refractivity contribution >= 4 is 33.0 Å². The van der Waals surface area contributed by atoms with Crippen molar-refractivity contribution in [3.05, 3.63) is 28.2 Å². The van der Waals surface area contributed by atoms with Crippen molar-refractivity contribution in [2.24, 2.45) is 0 Å². The summed E-state index contributed by atoms with van der Waals surface area (Å²) in [6, 6.07) is 5.15. The molecule has 114 valence electrons. The predicted octanol–water partition coefficient (Wildman–Crippen LogP) is 3.94. The molecule has 6 heteroatoms. The standard InChI is InChI=1S/C14H21Cl2NO2S/c1-3-17-11(2)7-4-5-10-20(18,19)14-12(15)8-6-9-13(14)16/h6,8-9,11,17H,3-5,7,10H2,1-2H3. The maximum absolute atomic E-state index is 12.3. The molecule has 0 spiro atoms. The van der Waals surface area contributed by atoms with Gasteiger partial charge in [-0.1, -0.05) is 42.6 Å². The first kappa shape index (κ1) is 17.8. The number of sulfone groups is 1. The van der Waals surface area contributed by atoms with Crippen LogP contribution < -0.4 is 5.32 Å². The third-order valence-corrected chi connectivity index (χ3v) is 5.82. The Balaban J connectivity index is 2.59. The second-order valence-electron chi connectivity index (χ2n) is 4.82. The summed E-state index contributed by atoms with van der Waals surface area (Å²) in [5, 5.41) is 3.69. The molecule has 1 aromatic carbocycles. The zero-order valence-corrected chi connectivity index (χ0v) is 14.2. The summed E-state index contributed by atoms with van der Waals surface area (Å²) >= 11 is 11.9. The van der Waals surface area contributed by atoms with E-state index >= 15 is 0 Å². The fourth-order valence-corrected chi connectivity index (χ4v) is 4.70. The number of rotatable bonds is 8. The molecule has 0 bridgehead atoms. The summed E-state index contributed by atoms with van der Waals surface area (Å²) in [5.74, 6) is 0.0787. The molecule has 0 radical (unpaired) electrons. The Bertz CT molecular complexity index is 512. The maximum atomic E-state index is 12.3. The van der Waals surface area contributed by atoms with E-state index in [1.165, 1.54) is 0 Å². The topological polar surface area (TPSA) is 46.2 Å². The van der Waals surface area contributed by atoms with Crippen molar-refractivity contribution in [1.29, 1.82) is 0 Å². The second-order valence-corrected chi connectivity index (χ2v) is 7.68. The average Bonchev–Trinajstić information content (AvgIpc) is 2.34. The van der Waals surface area contributed by atoms with Crippen molar-refractivity contribution in [2.75, 3.05) is 12.3 Å². The molecule has 20 heavy (non-hydrogen) atoms. The van der Waals surface area contributed by atoms with E-state index in [1.807, 2.05) is 0 Å². The molecule has 0 saturated heterocycles. The van der Waals surface area contributed by atoms with Crippen LogP contribution in [0.5, 0.6) is 0 Å². The van der Waals surface area contributed by atoms with Gasteiger partial charge in [-0.2, -0.15) is 0 Å². The molecule has 0 aliphatic heterocycles. The lowest BCUT2D eigenvalue weighted by molar-refractivity contribution is 0.507. The van der Waals surface area contributed by atoms with Crippen LogP contribution in [0.25, 0.3) is 0 Å². The lowest BCUT2D eigenvalue weighted by Crippen LogP contribution is -2.25. The summed E-state index contributed by atoms with van der Waals surface area (Å²) in [6.45, 7) is 5.08. The largest absolute Gasteiger partial charge is 0.315 e. The Morgan fingerprint density at radius 2 is 1.80 bits per heavy atom. The highest BCUT2D eigenvalue weighted by atomic mass is 35.5. The van der Waals surface area contributed by atoms with Crippen molar-refractivity contribution in [3.8, 4) is 0 Å². The van der Waals surface area contributed by atoms with Gasteiger partial charge in [0.1, 0.15) is 4.90 Å². The third kappa shape index (κ3) is 5.24. The van der Waals surface area contributed by atoms with E-state index in [1.54, 1.807) is 18.2 Å². The first-order valence-corrected chi connectivity index (χ1v) is 9.19. The van der Waals surface area contributed by atoms with Gasteiger partial charge in [0.25, 0.3) is 0 Å². The number of halogens is 2. The fourth-order valence-electron chi connectivity index (χ4n) is 2.07. The molecule has 0 saturated carbocycles. The van der Waals surface area contributed by atoms with E-state index in [2.05, 4.69) is 19.2 Å². The Labute approximate surface area is 131 Å². The van der Waals surface area contributed by atoms with E-state index in [0.29, 0.717) is 12.5 Å². The Hall–Kier alpha value is -0.290. The Morgan fingerprint density at radius 1 is 1.20 bits per heavy atom. The van der Waals surface area contributed by atoms with Crippen molar-refractivity contribution in [1.82, 2.24) is 5.32 Å². The van der Waals surface area contributed by atoms with E-state index in [0.717, 1.165) is 19.4 Å². The highest BCUT2D eigenvalue weighted by Crippen LogP contribution is 2.30. The smallest absolute Gasteiger partial charge is 0.181 e. The Kier molecular flexibility index (Phi) is 7.30. The van der Waals surface area contributed by atoms with Gasteiger partial charge in [-0.3, -0.25) is 0 Å². The van der Waals surface area contributed by atoms with Crippen molar-refractivity contribution in [2.45, 2.75) is 44.0 Å². The van der Waals surface area contributed by atoms with Crippen LogP contribution in [0.2, 0.25) is 10.0 Å². The minimum atomic E-state index is -3.42. The SMILES string of the molecule is CCNC(C)CCCCS(=O)(=O)c1c(Cl)cccc1Cl. The number of benzene rings is 1. The molecule has 0 heterocycles. The Morgan fingerprint density at radius 3 is 2.35 bits per heavy atom. The van der Waals surface area contributed by atoms with Crippen molar-refractivity contribution in [3.63, 3.8) is 0 Å². The summed E-state index contributed by atoms with van der Waals surface area (Å²) < 4.78 is 24.5. The van der Waals surface area contributed by atoms with E-state index in [4.69, 9.17) is 23.2 Å². The number of hydrogen-bond acceptors (Lipinski definition) is 3. The van der Waals surface area contributed by atoms with Gasteiger partial charge in [0.15, 0.2) is 9.84 Å². The summed E-state index contributed by atoms with van der Waals surface area (Å²) in [6.07, 6.45) is 2.43. The number of unbranched alkanes of at least 4 members (excludes halogenated alkanes) is 1. The fraction of sp³-hybridized carbons (Fsp3) is 0.571. The van der Waals surface area contributed by atoms with E-state index < -0.39 is 9.84 Å². The van der Waals surface area contributed by atoms with Crippen LogP contribution in [0.1, 0.15) is 33.1 Å². The van der Waals surface area contributed by atoms with Crippen molar-refractivity contribution < 1.29 is 8.42 Å². The van der Waals surface area contributed by atoms with Gasteiger partial charge in [-0.05, 0) is 38.4 Å². The van der Waals surface area contributed by atoms with Crippen LogP contribution in [-0.2, 0) is 9.84 Å². The first-order valence-electron chi connectivity index (χ1n) is 6.78. The van der Waals surface area contributed by atoms with Gasteiger partial charge in [0.05, 0.1) is 15.8 Å². The predicted molar refractivity (Wildman–Crippen MR) is 85.5 cm³/mol. The molecule has 0 aliphatic rings. The lowest BCUT2D eigenvalue weighted by Gasteiger charge is -2.12. The molecule has 1 unspecified atom stereocenters. The van der Waals surface area contributed by atoms with Crippen LogP contribution in [0.15, 0.2) is 23.1 Å². The van der Waals surface area contributed by atoms with Crippen LogP contribution in [-0.4, -0.2) is 26.8 Å². The monoisotopic (exact) mass is 337 g/mol. The van der Waals surface area contributed by atoms with Gasteiger partial charge in [0.2, 0.25) is 0 Å². The molecule has 1 rings (SSSR count). The minimum Gasteiger partial charge on any atom is -0.315 e. The van der Waals surface area contributed by atoms with E-state index in [-0.39, 0.29) is 20.7 Å². The van der Waals surface area contributed by atoms with Gasteiger partial charge in [-0.25, -0.2) is 8.42 Å². The maximum Gasteiger partial charge on any atom is 0.181 e. The molecule has 1 N–H and O–H groups in total. The third-order valence-electron chi connectivity index (χ3n) is 3.08.